The van der Waals surface area contributed by atoms with Gasteiger partial charge in [0.25, 0.3) is 17.4 Å². The number of carbonyl (C=O) groups excluding carboxylic acids is 2. The molecular formula is C26H27F6IN2O6S. The third-order valence-corrected chi connectivity index (χ3v) is 8.27. The lowest BCUT2D eigenvalue weighted by Gasteiger charge is -2.37. The Morgan fingerprint density at radius 3 is 2.14 bits per heavy atom. The van der Waals surface area contributed by atoms with Crippen LogP contribution in [0.4, 0.5) is 32.0 Å². The van der Waals surface area contributed by atoms with Crippen molar-refractivity contribution in [2.75, 3.05) is 30.5 Å². The molecule has 2 aromatic carbocycles. The van der Waals surface area contributed by atoms with Gasteiger partial charge in [0, 0.05) is 26.6 Å². The molecule has 1 atom stereocenters. The van der Waals surface area contributed by atoms with Crippen LogP contribution in [0.25, 0.3) is 0 Å². The standard InChI is InChI=1S/C26H27F6IN2O6S/c1-14-10-15(24(25(27,28)29,26(30,31)32)41-12-16-11-40-16)8-9-19(14)34-21(36)17-6-5-7-18(33)20(17)22(37)35-23(2,3)13-42(4,38)39/h5-10,16H,11-13H2,1-4H3,(H,34,36)(H,35,37). The number of anilines is 1. The minimum absolute atomic E-state index is 0.0244. The molecule has 2 N–H and O–H groups in total. The van der Waals surface area contributed by atoms with Gasteiger partial charge in [-0.3, -0.25) is 9.59 Å². The molecule has 2 amide bonds. The van der Waals surface area contributed by atoms with Crippen molar-refractivity contribution in [3.63, 3.8) is 0 Å². The molecule has 1 aliphatic rings. The minimum Gasteiger partial charge on any atom is -0.371 e. The highest BCUT2D eigenvalue weighted by atomic mass is 127. The van der Waals surface area contributed by atoms with Crippen LogP contribution in [0.2, 0.25) is 0 Å². The highest BCUT2D eigenvalue weighted by Crippen LogP contribution is 2.53. The highest BCUT2D eigenvalue weighted by Gasteiger charge is 2.73. The Hall–Kier alpha value is -2.44. The summed E-state index contributed by atoms with van der Waals surface area (Å²) < 4.78 is 117. The third kappa shape index (κ3) is 7.74. The number of carbonyl (C=O) groups is 2. The van der Waals surface area contributed by atoms with E-state index in [1.807, 2.05) is 0 Å². The zero-order valence-corrected chi connectivity index (χ0v) is 25.6. The molecule has 1 aliphatic heterocycles. The molecule has 0 aliphatic carbocycles. The number of epoxide rings is 1. The molecule has 0 spiro atoms. The number of aryl methyl sites for hydroxylation is 1. The fourth-order valence-electron chi connectivity index (χ4n) is 4.34. The Morgan fingerprint density at radius 2 is 1.64 bits per heavy atom. The first kappa shape index (κ1) is 34.1. The van der Waals surface area contributed by atoms with Crippen LogP contribution < -0.4 is 10.6 Å². The number of sulfone groups is 1. The highest BCUT2D eigenvalue weighted by molar-refractivity contribution is 14.1. The Bertz CT molecular complexity index is 1460. The van der Waals surface area contributed by atoms with Crippen LogP contribution in [0.5, 0.6) is 0 Å². The predicted octanol–water partition coefficient (Wildman–Crippen LogP) is 5.14. The largest absolute Gasteiger partial charge is 0.430 e. The van der Waals surface area contributed by atoms with Crippen molar-refractivity contribution >= 4 is 49.9 Å². The van der Waals surface area contributed by atoms with E-state index in [1.165, 1.54) is 39.0 Å². The van der Waals surface area contributed by atoms with Crippen LogP contribution >= 0.6 is 22.6 Å². The number of hydrogen-bond donors (Lipinski definition) is 2. The zero-order valence-electron chi connectivity index (χ0n) is 22.7. The number of alkyl halides is 6. The van der Waals surface area contributed by atoms with Gasteiger partial charge in [0.2, 0.25) is 0 Å². The number of amides is 2. The summed E-state index contributed by atoms with van der Waals surface area (Å²) in [5.74, 6) is -2.03. The van der Waals surface area contributed by atoms with Crippen LogP contribution in [-0.2, 0) is 24.9 Å². The fraction of sp³-hybridized carbons (Fsp3) is 0.462. The van der Waals surface area contributed by atoms with Crippen molar-refractivity contribution in [2.24, 2.45) is 0 Å². The van der Waals surface area contributed by atoms with Crippen molar-refractivity contribution in [1.29, 1.82) is 0 Å². The summed E-state index contributed by atoms with van der Waals surface area (Å²) in [4.78, 5) is 26.4. The van der Waals surface area contributed by atoms with Gasteiger partial charge in [-0.05, 0) is 67.1 Å². The van der Waals surface area contributed by atoms with E-state index in [1.54, 1.807) is 22.6 Å². The van der Waals surface area contributed by atoms with E-state index in [9.17, 15) is 44.3 Å². The molecule has 1 heterocycles. The maximum Gasteiger partial charge on any atom is 0.430 e. The molecule has 8 nitrogen and oxygen atoms in total. The van der Waals surface area contributed by atoms with Crippen LogP contribution in [-0.4, -0.2) is 69.5 Å². The number of rotatable bonds is 10. The molecule has 0 saturated carbocycles. The second kappa shape index (κ2) is 11.9. The topological polar surface area (TPSA) is 114 Å². The van der Waals surface area contributed by atoms with Gasteiger partial charge in [0.1, 0.15) is 15.9 Å². The fourth-order valence-corrected chi connectivity index (χ4v) is 6.46. The van der Waals surface area contributed by atoms with Crippen LogP contribution in [0.3, 0.4) is 0 Å². The molecule has 3 rings (SSSR count). The first-order valence-corrected chi connectivity index (χ1v) is 15.3. The maximum atomic E-state index is 14.0. The summed E-state index contributed by atoms with van der Waals surface area (Å²) >= 11 is 1.80. The number of hydrogen-bond acceptors (Lipinski definition) is 6. The SMILES string of the molecule is Cc1cc(C(OCC2CO2)(C(F)(F)F)C(F)(F)F)ccc1NC(=O)c1cccc(I)c1C(=O)NC(C)(C)CS(C)(=O)=O. The van der Waals surface area contributed by atoms with Crippen LogP contribution in [0, 0.1) is 10.5 Å². The normalized spacial score (nSPS) is 16.2. The van der Waals surface area contributed by atoms with Gasteiger partial charge < -0.3 is 20.1 Å². The monoisotopic (exact) mass is 736 g/mol. The molecule has 2 aromatic rings. The molecule has 42 heavy (non-hydrogen) atoms. The van der Waals surface area contributed by atoms with Crippen molar-refractivity contribution < 1.29 is 53.8 Å². The van der Waals surface area contributed by atoms with Gasteiger partial charge in [-0.2, -0.15) is 26.3 Å². The zero-order chi connectivity index (χ0) is 31.9. The summed E-state index contributed by atoms with van der Waals surface area (Å²) in [6, 6.07) is 6.36. The quantitative estimate of drug-likeness (QED) is 0.199. The lowest BCUT2D eigenvalue weighted by Crippen LogP contribution is -2.56. The summed E-state index contributed by atoms with van der Waals surface area (Å²) in [5.41, 5.74) is -7.60. The lowest BCUT2D eigenvalue weighted by atomic mass is 9.90. The number of ether oxygens (including phenoxy) is 2. The Morgan fingerprint density at radius 1 is 1.05 bits per heavy atom. The van der Waals surface area contributed by atoms with Crippen molar-refractivity contribution in [2.45, 2.75) is 50.4 Å². The van der Waals surface area contributed by atoms with Crippen molar-refractivity contribution in [3.8, 4) is 0 Å². The lowest BCUT2D eigenvalue weighted by molar-refractivity contribution is -0.390. The Labute approximate surface area is 251 Å². The Balaban J connectivity index is 1.95. The van der Waals surface area contributed by atoms with Crippen molar-refractivity contribution in [1.82, 2.24) is 5.32 Å². The number of benzene rings is 2. The van der Waals surface area contributed by atoms with E-state index in [0.717, 1.165) is 12.3 Å². The van der Waals surface area contributed by atoms with Gasteiger partial charge >= 0.3 is 12.4 Å². The number of halogens is 7. The molecule has 0 bridgehead atoms. The second-order valence-corrected chi connectivity index (χ2v) is 13.8. The second-order valence-electron chi connectivity index (χ2n) is 10.5. The summed E-state index contributed by atoms with van der Waals surface area (Å²) in [7, 11) is -3.48. The van der Waals surface area contributed by atoms with E-state index < -0.39 is 69.2 Å². The molecule has 1 fully saturated rings. The van der Waals surface area contributed by atoms with Crippen LogP contribution in [0.15, 0.2) is 36.4 Å². The van der Waals surface area contributed by atoms with Gasteiger partial charge in [-0.15, -0.1) is 0 Å². The molecule has 0 aromatic heterocycles. The molecule has 1 unspecified atom stereocenters. The van der Waals surface area contributed by atoms with Crippen molar-refractivity contribution in [3.05, 3.63) is 62.2 Å². The van der Waals surface area contributed by atoms with Gasteiger partial charge in [0.05, 0.1) is 30.1 Å². The van der Waals surface area contributed by atoms with E-state index in [-0.39, 0.29) is 29.0 Å². The summed E-state index contributed by atoms with van der Waals surface area (Å²) in [6.07, 6.45) is -11.7. The smallest absolute Gasteiger partial charge is 0.371 e. The number of nitrogens with one attached hydrogen (secondary N) is 2. The maximum absolute atomic E-state index is 14.0. The molecule has 1 saturated heterocycles. The average molecular weight is 736 g/mol. The molecule has 0 radical (unpaired) electrons. The third-order valence-electron chi connectivity index (χ3n) is 6.13. The van der Waals surface area contributed by atoms with Crippen LogP contribution in [0.1, 0.15) is 45.7 Å². The molecule has 16 heteroatoms. The van der Waals surface area contributed by atoms with E-state index in [0.29, 0.717) is 15.7 Å². The van der Waals surface area contributed by atoms with E-state index in [2.05, 4.69) is 15.4 Å². The molecule has 232 valence electrons. The predicted molar refractivity (Wildman–Crippen MR) is 149 cm³/mol. The van der Waals surface area contributed by atoms with Gasteiger partial charge in [-0.25, -0.2) is 8.42 Å². The Kier molecular flexibility index (Phi) is 9.66. The van der Waals surface area contributed by atoms with E-state index in [4.69, 9.17) is 4.74 Å². The first-order chi connectivity index (χ1) is 19.1. The summed E-state index contributed by atoms with van der Waals surface area (Å²) in [6.45, 7) is 3.21. The average Bonchev–Trinajstić information content (AvgIpc) is 3.61. The summed E-state index contributed by atoms with van der Waals surface area (Å²) in [5, 5.41) is 5.00. The van der Waals surface area contributed by atoms with E-state index >= 15 is 0 Å². The van der Waals surface area contributed by atoms with Gasteiger partial charge in [-0.1, -0.05) is 18.2 Å². The van der Waals surface area contributed by atoms with Gasteiger partial charge in [0.15, 0.2) is 0 Å². The molecular weight excluding hydrogens is 709 g/mol. The first-order valence-electron chi connectivity index (χ1n) is 12.2. The minimum atomic E-state index is -5.88.